The summed E-state index contributed by atoms with van der Waals surface area (Å²) in [5.74, 6) is 0.612. The Hall–Kier alpha value is -1.30. The van der Waals surface area contributed by atoms with Gasteiger partial charge in [0.15, 0.2) is 6.61 Å². The predicted molar refractivity (Wildman–Crippen MR) is 93.3 cm³/mol. The molecule has 1 aromatic carbocycles. The summed E-state index contributed by atoms with van der Waals surface area (Å²) in [6, 6.07) is 7.00. The third kappa shape index (κ3) is 3.85. The Morgan fingerprint density at radius 2 is 2.08 bits per heavy atom. The van der Waals surface area contributed by atoms with Crippen molar-refractivity contribution in [2.45, 2.75) is 25.4 Å². The van der Waals surface area contributed by atoms with E-state index in [0.717, 1.165) is 38.9 Å². The van der Waals surface area contributed by atoms with E-state index in [-0.39, 0.29) is 24.0 Å². The number of carbonyl (C=O) groups is 1. The zero-order valence-corrected chi connectivity index (χ0v) is 14.8. The molecule has 5 nitrogen and oxygen atoms in total. The molecule has 1 amide bonds. The van der Waals surface area contributed by atoms with Gasteiger partial charge >= 0.3 is 0 Å². The second-order valence-corrected chi connectivity index (χ2v) is 7.50. The largest absolute Gasteiger partial charge is 0.484 e. The molecule has 0 unspecified atom stereocenters. The van der Waals surface area contributed by atoms with Crippen LogP contribution >= 0.6 is 11.6 Å². The molecule has 0 aromatic heterocycles. The van der Waals surface area contributed by atoms with Crippen LogP contribution in [0.25, 0.3) is 0 Å². The molecule has 2 fully saturated rings. The van der Waals surface area contributed by atoms with Crippen LogP contribution in [0.2, 0.25) is 5.02 Å². The molecule has 2 aliphatic heterocycles. The summed E-state index contributed by atoms with van der Waals surface area (Å²) in [6.45, 7) is 3.12. The smallest absolute Gasteiger partial charge is 0.260 e. The number of nitrogens with zero attached hydrogens (tertiary/aromatic N) is 2. The second-order valence-electron chi connectivity index (χ2n) is 7.07. The number of benzene rings is 1. The van der Waals surface area contributed by atoms with Gasteiger partial charge in [-0.2, -0.15) is 0 Å². The number of ether oxygens (including phenoxy) is 1. The van der Waals surface area contributed by atoms with Gasteiger partial charge < -0.3 is 19.6 Å². The van der Waals surface area contributed by atoms with Crippen LogP contribution in [0.3, 0.4) is 0 Å². The van der Waals surface area contributed by atoms with Crippen molar-refractivity contribution in [3.8, 4) is 5.75 Å². The third-order valence-corrected chi connectivity index (χ3v) is 5.47. The highest BCUT2D eigenvalue weighted by atomic mass is 35.5. The van der Waals surface area contributed by atoms with Crippen molar-refractivity contribution in [3.05, 3.63) is 29.3 Å². The molecule has 2 saturated heterocycles. The Morgan fingerprint density at radius 3 is 2.83 bits per heavy atom. The fourth-order valence-electron chi connectivity index (χ4n) is 3.91. The number of hydrogen-bond donors (Lipinski definition) is 1. The maximum absolute atomic E-state index is 12.5. The number of aliphatic hydroxyl groups is 1. The third-order valence-electron chi connectivity index (χ3n) is 5.21. The van der Waals surface area contributed by atoms with E-state index in [1.165, 1.54) is 0 Å². The van der Waals surface area contributed by atoms with Gasteiger partial charge in [-0.1, -0.05) is 11.6 Å². The Balaban J connectivity index is 1.59. The van der Waals surface area contributed by atoms with Crippen molar-refractivity contribution in [3.63, 3.8) is 0 Å². The van der Waals surface area contributed by atoms with E-state index in [4.69, 9.17) is 16.3 Å². The van der Waals surface area contributed by atoms with E-state index in [0.29, 0.717) is 17.3 Å². The molecule has 0 bridgehead atoms. The minimum atomic E-state index is -0.332. The van der Waals surface area contributed by atoms with Crippen LogP contribution in [0.5, 0.6) is 5.75 Å². The van der Waals surface area contributed by atoms with Gasteiger partial charge in [0, 0.05) is 36.6 Å². The van der Waals surface area contributed by atoms with Crippen LogP contribution in [0.15, 0.2) is 24.3 Å². The Labute approximate surface area is 148 Å². The first-order valence-electron chi connectivity index (χ1n) is 8.51. The van der Waals surface area contributed by atoms with Crippen molar-refractivity contribution in [1.29, 1.82) is 0 Å². The van der Waals surface area contributed by atoms with Gasteiger partial charge in [-0.3, -0.25) is 4.79 Å². The molecule has 1 N–H and O–H groups in total. The van der Waals surface area contributed by atoms with Crippen LogP contribution in [0.4, 0.5) is 0 Å². The van der Waals surface area contributed by atoms with Crippen LogP contribution in [0, 0.1) is 5.41 Å². The van der Waals surface area contributed by atoms with Crippen molar-refractivity contribution in [2.75, 3.05) is 39.8 Å². The summed E-state index contributed by atoms with van der Waals surface area (Å²) in [4.78, 5) is 16.6. The molecule has 1 aromatic rings. The van der Waals surface area contributed by atoms with Gasteiger partial charge in [0.05, 0.1) is 6.10 Å². The van der Waals surface area contributed by atoms with Crippen LogP contribution in [-0.2, 0) is 4.79 Å². The molecule has 132 valence electrons. The number of aliphatic hydroxyl groups excluding tert-OH is 1. The topological polar surface area (TPSA) is 53.0 Å². The quantitative estimate of drug-likeness (QED) is 0.904. The summed E-state index contributed by atoms with van der Waals surface area (Å²) >= 11 is 5.85. The molecule has 3 rings (SSSR count). The maximum Gasteiger partial charge on any atom is 0.260 e. The number of piperidine rings is 2. The molecule has 6 heteroatoms. The molecule has 24 heavy (non-hydrogen) atoms. The SMILES string of the molecule is CN1CC[C@H](O)[C@@]2(CCCN(C(=O)COc3ccc(Cl)cc3)C2)C1. The average molecular weight is 353 g/mol. The highest BCUT2D eigenvalue weighted by Gasteiger charge is 2.45. The molecule has 1 spiro atoms. The minimum Gasteiger partial charge on any atom is -0.484 e. The fraction of sp³-hybridized carbons (Fsp3) is 0.611. The number of carbonyl (C=O) groups excluding carboxylic acids is 1. The lowest BCUT2D eigenvalue weighted by atomic mass is 9.71. The normalized spacial score (nSPS) is 28.1. The lowest BCUT2D eigenvalue weighted by molar-refractivity contribution is -0.142. The van der Waals surface area contributed by atoms with Gasteiger partial charge in [0.2, 0.25) is 0 Å². The standard InChI is InChI=1S/C18H25ClN2O3/c1-20-10-7-16(22)18(12-20)8-2-9-21(13-18)17(23)11-24-15-5-3-14(19)4-6-15/h3-6,16,22H,2,7-13H2,1H3/t16-,18-/m0/s1. The monoisotopic (exact) mass is 352 g/mol. The first-order chi connectivity index (χ1) is 11.5. The first kappa shape index (κ1) is 17.5. The van der Waals surface area contributed by atoms with E-state index in [9.17, 15) is 9.90 Å². The summed E-state index contributed by atoms with van der Waals surface area (Å²) in [6.07, 6.45) is 2.35. The second kappa shape index (κ2) is 7.30. The van der Waals surface area contributed by atoms with Gasteiger partial charge in [-0.25, -0.2) is 0 Å². The van der Waals surface area contributed by atoms with Crippen molar-refractivity contribution >= 4 is 17.5 Å². The van der Waals surface area contributed by atoms with E-state index in [1.54, 1.807) is 24.3 Å². The molecule has 0 radical (unpaired) electrons. The van der Waals surface area contributed by atoms with E-state index in [1.807, 2.05) is 4.90 Å². The molecule has 2 heterocycles. The zero-order chi connectivity index (χ0) is 17.2. The number of amides is 1. The molecule has 0 aliphatic carbocycles. The van der Waals surface area contributed by atoms with Crippen molar-refractivity contribution < 1.29 is 14.6 Å². The number of hydrogen-bond acceptors (Lipinski definition) is 4. The van der Waals surface area contributed by atoms with Gasteiger partial charge in [-0.05, 0) is 50.6 Å². The van der Waals surface area contributed by atoms with Crippen LogP contribution in [0.1, 0.15) is 19.3 Å². The summed E-state index contributed by atoms with van der Waals surface area (Å²) < 4.78 is 5.58. The predicted octanol–water partition coefficient (Wildman–Crippen LogP) is 2.02. The van der Waals surface area contributed by atoms with Crippen molar-refractivity contribution in [1.82, 2.24) is 9.80 Å². The summed E-state index contributed by atoms with van der Waals surface area (Å²) in [7, 11) is 2.08. The lowest BCUT2D eigenvalue weighted by Gasteiger charge is -2.50. The fourth-order valence-corrected chi connectivity index (χ4v) is 4.04. The van der Waals surface area contributed by atoms with Gasteiger partial charge in [0.25, 0.3) is 5.91 Å². The Kier molecular flexibility index (Phi) is 5.33. The minimum absolute atomic E-state index is 0.0175. The molecule has 2 aliphatic rings. The van der Waals surface area contributed by atoms with E-state index in [2.05, 4.69) is 11.9 Å². The Bertz CT molecular complexity index is 580. The first-order valence-corrected chi connectivity index (χ1v) is 8.89. The highest BCUT2D eigenvalue weighted by molar-refractivity contribution is 6.30. The molecular weight excluding hydrogens is 328 g/mol. The molecule has 2 atom stereocenters. The average Bonchev–Trinajstić information content (AvgIpc) is 2.58. The number of halogens is 1. The lowest BCUT2D eigenvalue weighted by Crippen LogP contribution is -2.59. The van der Waals surface area contributed by atoms with E-state index >= 15 is 0 Å². The molecule has 0 saturated carbocycles. The van der Waals surface area contributed by atoms with E-state index < -0.39 is 0 Å². The highest BCUT2D eigenvalue weighted by Crippen LogP contribution is 2.38. The zero-order valence-electron chi connectivity index (χ0n) is 14.1. The van der Waals surface area contributed by atoms with Crippen LogP contribution in [-0.4, -0.2) is 66.8 Å². The van der Waals surface area contributed by atoms with Crippen molar-refractivity contribution in [2.24, 2.45) is 5.41 Å². The molecular formula is C18H25ClN2O3. The van der Waals surface area contributed by atoms with Gasteiger partial charge in [-0.15, -0.1) is 0 Å². The summed E-state index contributed by atoms with van der Waals surface area (Å²) in [5.41, 5.74) is -0.193. The van der Waals surface area contributed by atoms with Gasteiger partial charge in [0.1, 0.15) is 5.75 Å². The van der Waals surface area contributed by atoms with Crippen LogP contribution < -0.4 is 4.74 Å². The Morgan fingerprint density at radius 1 is 1.33 bits per heavy atom. The number of likely N-dealkylation sites (tertiary alicyclic amines) is 2. The summed E-state index contributed by atoms with van der Waals surface area (Å²) in [5, 5.41) is 11.2. The number of rotatable bonds is 3. The maximum atomic E-state index is 12.5.